The van der Waals surface area contributed by atoms with E-state index >= 15 is 0 Å². The normalized spacial score (nSPS) is 21.1. The third-order valence-corrected chi connectivity index (χ3v) is 7.37. The predicted octanol–water partition coefficient (Wildman–Crippen LogP) is 3.63. The Kier molecular flexibility index (Phi) is 5.35. The number of hydrogen-bond donors (Lipinski definition) is 2. The summed E-state index contributed by atoms with van der Waals surface area (Å²) in [6, 6.07) is 16.3. The number of carboxylic acids is 1. The van der Waals surface area contributed by atoms with Gasteiger partial charge in [-0.15, -0.1) is 0 Å². The first-order valence-corrected chi connectivity index (χ1v) is 11.5. The van der Waals surface area contributed by atoms with Gasteiger partial charge in [0.2, 0.25) is 5.91 Å². The van der Waals surface area contributed by atoms with Crippen LogP contribution >= 0.6 is 0 Å². The van der Waals surface area contributed by atoms with Crippen molar-refractivity contribution in [2.24, 2.45) is 11.8 Å². The maximum absolute atomic E-state index is 13.3. The Morgan fingerprint density at radius 2 is 1.64 bits per heavy atom. The summed E-state index contributed by atoms with van der Waals surface area (Å²) in [6.45, 7) is 2.50. The number of ether oxygens (including phenoxy) is 1. The Labute approximate surface area is 192 Å². The Morgan fingerprint density at radius 3 is 2.18 bits per heavy atom. The zero-order chi connectivity index (χ0) is 23.2. The number of rotatable bonds is 6. The minimum absolute atomic E-state index is 0.0364. The van der Waals surface area contributed by atoms with Crippen LogP contribution in [0.5, 0.6) is 0 Å². The Balaban J connectivity index is 1.27. The second-order valence-corrected chi connectivity index (χ2v) is 9.50. The van der Waals surface area contributed by atoms with Gasteiger partial charge in [0.25, 0.3) is 0 Å². The first-order chi connectivity index (χ1) is 15.9. The van der Waals surface area contributed by atoms with Crippen molar-refractivity contribution in [1.82, 2.24) is 10.2 Å². The van der Waals surface area contributed by atoms with E-state index in [4.69, 9.17) is 4.74 Å². The summed E-state index contributed by atoms with van der Waals surface area (Å²) < 4.78 is 5.67. The summed E-state index contributed by atoms with van der Waals surface area (Å²) in [5.41, 5.74) is 3.48. The van der Waals surface area contributed by atoms with Crippen LogP contribution in [0.3, 0.4) is 0 Å². The molecule has 5 rings (SSSR count). The van der Waals surface area contributed by atoms with Crippen molar-refractivity contribution < 1.29 is 24.2 Å². The van der Waals surface area contributed by atoms with Crippen molar-refractivity contribution in [3.8, 4) is 11.1 Å². The van der Waals surface area contributed by atoms with Crippen LogP contribution in [0.15, 0.2) is 48.5 Å². The van der Waals surface area contributed by atoms with E-state index in [9.17, 15) is 19.5 Å². The Hall–Kier alpha value is -3.35. The molecule has 0 bridgehead atoms. The van der Waals surface area contributed by atoms with Crippen LogP contribution in [0.25, 0.3) is 11.1 Å². The Morgan fingerprint density at radius 1 is 1.03 bits per heavy atom. The standard InChI is InChI=1S/C26H28N2O5/c1-26(17-10-11-17,24(31)28-13-12-16(14-28)23(29)30)27-25(32)33-15-22-20-8-4-2-6-18(20)19-7-3-5-9-21(19)22/h2-9,16-17,22H,10-15H2,1H3,(H,27,32)(H,29,30). The molecule has 172 valence electrons. The summed E-state index contributed by atoms with van der Waals surface area (Å²) in [7, 11) is 0. The molecule has 1 saturated heterocycles. The van der Waals surface area contributed by atoms with Crippen molar-refractivity contribution in [2.75, 3.05) is 19.7 Å². The minimum Gasteiger partial charge on any atom is -0.481 e. The molecule has 0 radical (unpaired) electrons. The van der Waals surface area contributed by atoms with E-state index in [0.717, 1.165) is 35.1 Å². The van der Waals surface area contributed by atoms with Crippen LogP contribution in [-0.2, 0) is 14.3 Å². The highest BCUT2D eigenvalue weighted by Gasteiger charge is 2.51. The number of carboxylic acid groups (broad SMARTS) is 1. The summed E-state index contributed by atoms with van der Waals surface area (Å²) >= 11 is 0. The number of carbonyl (C=O) groups is 3. The molecule has 7 nitrogen and oxygen atoms in total. The van der Waals surface area contributed by atoms with Gasteiger partial charge in [0.15, 0.2) is 0 Å². The monoisotopic (exact) mass is 448 g/mol. The number of benzene rings is 2. The van der Waals surface area contributed by atoms with Gasteiger partial charge in [-0.1, -0.05) is 48.5 Å². The summed E-state index contributed by atoms with van der Waals surface area (Å²) in [5, 5.41) is 12.1. The number of nitrogens with one attached hydrogen (secondary N) is 1. The van der Waals surface area contributed by atoms with Gasteiger partial charge in [0.1, 0.15) is 12.1 Å². The topological polar surface area (TPSA) is 95.9 Å². The molecule has 2 aromatic rings. The van der Waals surface area contributed by atoms with Crippen LogP contribution in [0.4, 0.5) is 4.79 Å². The lowest BCUT2D eigenvalue weighted by Crippen LogP contribution is -2.59. The number of nitrogens with zero attached hydrogens (tertiary/aromatic N) is 1. The second kappa shape index (κ2) is 8.21. The molecule has 2 aromatic carbocycles. The highest BCUT2D eigenvalue weighted by atomic mass is 16.5. The molecule has 1 saturated carbocycles. The van der Waals surface area contributed by atoms with Gasteiger partial charge >= 0.3 is 12.1 Å². The highest BCUT2D eigenvalue weighted by Crippen LogP contribution is 2.45. The molecule has 33 heavy (non-hydrogen) atoms. The molecular weight excluding hydrogens is 420 g/mol. The molecule has 2 atom stereocenters. The fourth-order valence-corrected chi connectivity index (χ4v) is 5.31. The molecule has 7 heteroatoms. The summed E-state index contributed by atoms with van der Waals surface area (Å²) in [5.74, 6) is -1.67. The van der Waals surface area contributed by atoms with Crippen LogP contribution in [-0.4, -0.2) is 53.2 Å². The molecule has 2 amide bonds. The van der Waals surface area contributed by atoms with Gasteiger partial charge < -0.3 is 20.1 Å². The molecule has 2 unspecified atom stereocenters. The molecule has 1 aliphatic heterocycles. The van der Waals surface area contributed by atoms with Crippen molar-refractivity contribution >= 4 is 18.0 Å². The van der Waals surface area contributed by atoms with Crippen molar-refractivity contribution in [2.45, 2.75) is 37.6 Å². The van der Waals surface area contributed by atoms with Gasteiger partial charge in [0, 0.05) is 19.0 Å². The van der Waals surface area contributed by atoms with Gasteiger partial charge in [0.05, 0.1) is 5.92 Å². The molecule has 2 N–H and O–H groups in total. The predicted molar refractivity (Wildman–Crippen MR) is 122 cm³/mol. The van der Waals surface area contributed by atoms with Crippen LogP contribution in [0, 0.1) is 11.8 Å². The van der Waals surface area contributed by atoms with E-state index in [2.05, 4.69) is 29.6 Å². The van der Waals surface area contributed by atoms with E-state index in [1.165, 1.54) is 0 Å². The third kappa shape index (κ3) is 3.86. The van der Waals surface area contributed by atoms with E-state index in [-0.39, 0.29) is 30.9 Å². The number of alkyl carbamates (subject to hydrolysis) is 1. The van der Waals surface area contributed by atoms with Gasteiger partial charge in [-0.2, -0.15) is 0 Å². The molecule has 0 spiro atoms. The molecule has 0 aromatic heterocycles. The Bertz CT molecular complexity index is 1070. The maximum atomic E-state index is 13.3. The molecule has 3 aliphatic rings. The van der Waals surface area contributed by atoms with E-state index < -0.39 is 23.5 Å². The largest absolute Gasteiger partial charge is 0.481 e. The first kappa shape index (κ1) is 21.5. The SMILES string of the molecule is CC(NC(=O)OCC1c2ccccc2-c2ccccc21)(C(=O)N1CCC(C(=O)O)C1)C1CC1. The van der Waals surface area contributed by atoms with E-state index in [1.54, 1.807) is 11.8 Å². The van der Waals surface area contributed by atoms with E-state index in [0.29, 0.717) is 13.0 Å². The number of likely N-dealkylation sites (tertiary alicyclic amines) is 1. The second-order valence-electron chi connectivity index (χ2n) is 9.50. The minimum atomic E-state index is -1.09. The van der Waals surface area contributed by atoms with Crippen molar-refractivity contribution in [3.05, 3.63) is 59.7 Å². The molecule has 2 fully saturated rings. The quantitative estimate of drug-likeness (QED) is 0.704. The van der Waals surface area contributed by atoms with Crippen LogP contribution < -0.4 is 5.32 Å². The maximum Gasteiger partial charge on any atom is 0.408 e. The van der Waals surface area contributed by atoms with Gasteiger partial charge in [-0.25, -0.2) is 4.79 Å². The smallest absolute Gasteiger partial charge is 0.408 e. The van der Waals surface area contributed by atoms with Crippen LogP contribution in [0.2, 0.25) is 0 Å². The number of amides is 2. The average Bonchev–Trinajstić information content (AvgIpc) is 3.47. The highest BCUT2D eigenvalue weighted by molar-refractivity contribution is 5.91. The lowest BCUT2D eigenvalue weighted by Gasteiger charge is -2.33. The zero-order valence-corrected chi connectivity index (χ0v) is 18.6. The lowest BCUT2D eigenvalue weighted by molar-refractivity contribution is -0.142. The number of carbonyl (C=O) groups excluding carboxylic acids is 2. The average molecular weight is 449 g/mol. The molecule has 1 heterocycles. The van der Waals surface area contributed by atoms with Gasteiger partial charge in [-0.05, 0) is 54.4 Å². The molecule has 2 aliphatic carbocycles. The number of aliphatic carboxylic acids is 1. The fraction of sp³-hybridized carbons (Fsp3) is 0.423. The van der Waals surface area contributed by atoms with Crippen molar-refractivity contribution in [3.63, 3.8) is 0 Å². The zero-order valence-electron chi connectivity index (χ0n) is 18.6. The fourth-order valence-electron chi connectivity index (χ4n) is 5.31. The van der Waals surface area contributed by atoms with E-state index in [1.807, 2.05) is 24.3 Å². The number of hydrogen-bond acceptors (Lipinski definition) is 4. The summed E-state index contributed by atoms with van der Waals surface area (Å²) in [4.78, 5) is 39.0. The molecular formula is C26H28N2O5. The lowest BCUT2D eigenvalue weighted by atomic mass is 9.94. The van der Waals surface area contributed by atoms with Gasteiger partial charge in [-0.3, -0.25) is 9.59 Å². The summed E-state index contributed by atoms with van der Waals surface area (Å²) in [6.07, 6.45) is 1.52. The third-order valence-electron chi connectivity index (χ3n) is 7.37. The first-order valence-electron chi connectivity index (χ1n) is 11.5. The van der Waals surface area contributed by atoms with Crippen LogP contribution in [0.1, 0.15) is 43.2 Å². The number of fused-ring (bicyclic) bond motifs is 3. The van der Waals surface area contributed by atoms with Crippen molar-refractivity contribution in [1.29, 1.82) is 0 Å².